The van der Waals surface area contributed by atoms with Crippen molar-refractivity contribution in [2.75, 3.05) is 20.8 Å². The minimum Gasteiger partial charge on any atom is -0.493 e. The summed E-state index contributed by atoms with van der Waals surface area (Å²) in [5, 5.41) is 13.9. The van der Waals surface area contributed by atoms with Gasteiger partial charge in [-0.25, -0.2) is 8.78 Å². The predicted octanol–water partition coefficient (Wildman–Crippen LogP) is 3.18. The molecule has 0 heterocycles. The number of aryl methyl sites for hydroxylation is 1. The van der Waals surface area contributed by atoms with Gasteiger partial charge in [0.15, 0.2) is 23.1 Å². The van der Waals surface area contributed by atoms with E-state index >= 15 is 0 Å². The van der Waals surface area contributed by atoms with Gasteiger partial charge in [-0.05, 0) is 36.6 Å². The summed E-state index contributed by atoms with van der Waals surface area (Å²) in [5.74, 6) is -1.60. The molecule has 1 N–H and O–H groups in total. The Kier molecular flexibility index (Phi) is 7.25. The van der Waals surface area contributed by atoms with Crippen molar-refractivity contribution < 1.29 is 28.0 Å². The molecule has 1 amide bonds. The first-order valence-electron chi connectivity index (χ1n) is 8.45. The number of methoxy groups -OCH3 is 2. The fourth-order valence-corrected chi connectivity index (χ4v) is 2.66. The number of nitrogens with one attached hydrogen (secondary N) is 1. The van der Waals surface area contributed by atoms with Crippen LogP contribution in [0.25, 0.3) is 0 Å². The van der Waals surface area contributed by atoms with Gasteiger partial charge in [0.05, 0.1) is 25.2 Å². The topological polar surface area (TPSA) is 90.7 Å². The molecule has 150 valence electrons. The number of hydrogen-bond acceptors (Lipinski definition) is 5. The quantitative estimate of drug-likeness (QED) is 0.521. The fourth-order valence-electron chi connectivity index (χ4n) is 2.66. The zero-order valence-corrected chi connectivity index (χ0v) is 15.5. The van der Waals surface area contributed by atoms with E-state index in [1.165, 1.54) is 32.4 Å². The number of nitro benzene ring substituents is 1. The Hall–Kier alpha value is -3.23. The van der Waals surface area contributed by atoms with Crippen LogP contribution in [0.5, 0.6) is 11.5 Å². The molecule has 0 atom stereocenters. The van der Waals surface area contributed by atoms with Gasteiger partial charge in [-0.2, -0.15) is 0 Å². The Balaban J connectivity index is 1.93. The van der Waals surface area contributed by atoms with E-state index in [1.807, 2.05) is 0 Å². The number of nitrogens with zero attached hydrogens (tertiary/aromatic N) is 1. The second-order valence-electron chi connectivity index (χ2n) is 5.94. The van der Waals surface area contributed by atoms with E-state index < -0.39 is 16.6 Å². The minimum atomic E-state index is -0.960. The van der Waals surface area contributed by atoms with E-state index in [0.29, 0.717) is 16.9 Å². The summed E-state index contributed by atoms with van der Waals surface area (Å²) in [6.07, 6.45) is 0.548. The van der Waals surface area contributed by atoms with Gasteiger partial charge in [0.2, 0.25) is 5.91 Å². The van der Waals surface area contributed by atoms with Crippen molar-refractivity contribution in [2.24, 2.45) is 0 Å². The molecular formula is C19H20F2N2O5. The highest BCUT2D eigenvalue weighted by Crippen LogP contribution is 2.34. The van der Waals surface area contributed by atoms with Crippen molar-refractivity contribution >= 4 is 11.6 Å². The van der Waals surface area contributed by atoms with Gasteiger partial charge in [0, 0.05) is 18.5 Å². The van der Waals surface area contributed by atoms with Crippen LogP contribution in [0, 0.1) is 21.7 Å². The van der Waals surface area contributed by atoms with Crippen molar-refractivity contribution in [3.63, 3.8) is 0 Å². The van der Waals surface area contributed by atoms with Crippen LogP contribution in [0.2, 0.25) is 0 Å². The Labute approximate surface area is 160 Å². The van der Waals surface area contributed by atoms with Gasteiger partial charge >= 0.3 is 0 Å². The van der Waals surface area contributed by atoms with Crippen LogP contribution in [0.1, 0.15) is 17.5 Å². The number of benzene rings is 2. The maximum atomic E-state index is 13.2. The second-order valence-corrected chi connectivity index (χ2v) is 5.94. The van der Waals surface area contributed by atoms with E-state index in [2.05, 4.69) is 5.32 Å². The highest BCUT2D eigenvalue weighted by Gasteiger charge is 2.19. The molecule has 2 rings (SSSR count). The number of amides is 1. The Morgan fingerprint density at radius 1 is 1.07 bits per heavy atom. The minimum absolute atomic E-state index is 0.0824. The molecule has 0 bridgehead atoms. The third-order valence-corrected chi connectivity index (χ3v) is 4.12. The van der Waals surface area contributed by atoms with Crippen LogP contribution >= 0.6 is 0 Å². The van der Waals surface area contributed by atoms with Gasteiger partial charge in [-0.1, -0.05) is 6.07 Å². The van der Waals surface area contributed by atoms with Crippen LogP contribution in [0.15, 0.2) is 30.3 Å². The van der Waals surface area contributed by atoms with Crippen molar-refractivity contribution in [2.45, 2.75) is 19.3 Å². The van der Waals surface area contributed by atoms with Gasteiger partial charge < -0.3 is 14.8 Å². The molecule has 28 heavy (non-hydrogen) atoms. The standard InChI is InChI=1S/C19H20F2N2O5/c1-27-17-10-13(16(23(25)26)11-18(17)28-2)7-8-22-19(24)6-4-12-3-5-14(20)15(21)9-12/h3,5,9-11H,4,6-8H2,1-2H3,(H,22,24). The molecule has 0 unspecified atom stereocenters. The van der Waals surface area contributed by atoms with E-state index in [0.717, 1.165) is 12.1 Å². The molecule has 0 radical (unpaired) electrons. The number of rotatable bonds is 9. The smallest absolute Gasteiger partial charge is 0.276 e. The summed E-state index contributed by atoms with van der Waals surface area (Å²) < 4.78 is 36.3. The molecule has 0 saturated heterocycles. The van der Waals surface area contributed by atoms with Crippen LogP contribution in [-0.2, 0) is 17.6 Å². The normalized spacial score (nSPS) is 10.4. The monoisotopic (exact) mass is 394 g/mol. The lowest BCUT2D eigenvalue weighted by molar-refractivity contribution is -0.385. The number of carbonyl (C=O) groups is 1. The van der Waals surface area contributed by atoms with E-state index in [1.54, 1.807) is 0 Å². The van der Waals surface area contributed by atoms with Crippen LogP contribution < -0.4 is 14.8 Å². The number of halogens is 2. The Morgan fingerprint density at radius 2 is 1.75 bits per heavy atom. The SMILES string of the molecule is COc1cc(CCNC(=O)CCc2ccc(F)c(F)c2)c([N+](=O)[O-])cc1OC. The molecular weight excluding hydrogens is 374 g/mol. The average Bonchev–Trinajstić information content (AvgIpc) is 2.68. The summed E-state index contributed by atoms with van der Waals surface area (Å²) in [4.78, 5) is 22.7. The molecule has 0 aromatic heterocycles. The molecule has 2 aromatic carbocycles. The molecule has 9 heteroatoms. The second kappa shape index (κ2) is 9.63. The van der Waals surface area contributed by atoms with E-state index in [9.17, 15) is 23.7 Å². The molecule has 0 spiro atoms. The van der Waals surface area contributed by atoms with Gasteiger partial charge in [-0.15, -0.1) is 0 Å². The number of hydrogen-bond donors (Lipinski definition) is 1. The molecule has 0 aliphatic carbocycles. The molecule has 0 fully saturated rings. The molecule has 0 saturated carbocycles. The summed E-state index contributed by atoms with van der Waals surface area (Å²) in [5.41, 5.74) is 0.766. The lowest BCUT2D eigenvalue weighted by atomic mass is 10.1. The predicted molar refractivity (Wildman–Crippen MR) is 97.6 cm³/mol. The number of nitro groups is 1. The summed E-state index contributed by atoms with van der Waals surface area (Å²) in [6, 6.07) is 6.26. The summed E-state index contributed by atoms with van der Waals surface area (Å²) in [6.45, 7) is 0.174. The average molecular weight is 394 g/mol. The fraction of sp³-hybridized carbons (Fsp3) is 0.316. The molecule has 0 aliphatic heterocycles. The first-order chi connectivity index (χ1) is 13.3. The summed E-state index contributed by atoms with van der Waals surface area (Å²) in [7, 11) is 2.81. The summed E-state index contributed by atoms with van der Waals surface area (Å²) >= 11 is 0. The highest BCUT2D eigenvalue weighted by atomic mass is 19.2. The Bertz CT molecular complexity index is 874. The van der Waals surface area contributed by atoms with Crippen LogP contribution in [0.4, 0.5) is 14.5 Å². The van der Waals surface area contributed by atoms with Gasteiger partial charge in [0.25, 0.3) is 5.69 Å². The zero-order chi connectivity index (χ0) is 20.7. The van der Waals surface area contributed by atoms with Crippen LogP contribution in [0.3, 0.4) is 0 Å². The van der Waals surface area contributed by atoms with Crippen molar-refractivity contribution in [1.29, 1.82) is 0 Å². The van der Waals surface area contributed by atoms with Crippen molar-refractivity contribution in [3.8, 4) is 11.5 Å². The van der Waals surface area contributed by atoms with Crippen molar-refractivity contribution in [1.82, 2.24) is 5.32 Å². The zero-order valence-electron chi connectivity index (χ0n) is 15.5. The largest absolute Gasteiger partial charge is 0.493 e. The molecule has 2 aromatic rings. The third-order valence-electron chi connectivity index (χ3n) is 4.12. The number of ether oxygens (including phenoxy) is 2. The van der Waals surface area contributed by atoms with Crippen molar-refractivity contribution in [3.05, 3.63) is 63.2 Å². The van der Waals surface area contributed by atoms with Crippen LogP contribution in [-0.4, -0.2) is 31.6 Å². The third kappa shape index (κ3) is 5.38. The first-order valence-corrected chi connectivity index (χ1v) is 8.45. The first kappa shape index (κ1) is 21.1. The molecule has 0 aliphatic rings. The van der Waals surface area contributed by atoms with E-state index in [-0.39, 0.29) is 43.2 Å². The van der Waals surface area contributed by atoms with Gasteiger partial charge in [0.1, 0.15) is 0 Å². The lowest BCUT2D eigenvalue weighted by Gasteiger charge is -2.11. The number of carbonyl (C=O) groups excluding carboxylic acids is 1. The van der Waals surface area contributed by atoms with Gasteiger partial charge in [-0.3, -0.25) is 14.9 Å². The maximum absolute atomic E-state index is 13.2. The maximum Gasteiger partial charge on any atom is 0.276 e. The lowest BCUT2D eigenvalue weighted by Crippen LogP contribution is -2.26. The highest BCUT2D eigenvalue weighted by molar-refractivity contribution is 5.76. The Morgan fingerprint density at radius 3 is 2.36 bits per heavy atom. The van der Waals surface area contributed by atoms with E-state index in [4.69, 9.17) is 9.47 Å². The molecule has 7 nitrogen and oxygen atoms in total.